The van der Waals surface area contributed by atoms with Crippen LogP contribution in [0.15, 0.2) is 79.0 Å². The number of benzene rings is 3. The monoisotopic (exact) mass is 318 g/mol. The zero-order chi connectivity index (χ0) is 15.8. The summed E-state index contributed by atoms with van der Waals surface area (Å²) in [5, 5.41) is 12.6. The quantitative estimate of drug-likeness (QED) is 0.535. The topological polar surface area (TPSA) is 30.1 Å². The van der Waals surface area contributed by atoms with Crippen LogP contribution < -0.4 is 0 Å². The van der Waals surface area contributed by atoms with Gasteiger partial charge in [0.25, 0.3) is 0 Å². The number of para-hydroxylation sites is 1. The summed E-state index contributed by atoms with van der Waals surface area (Å²) < 4.78 is 4.04. The maximum absolute atomic E-state index is 10.5. The first kappa shape index (κ1) is 13.8. The molecule has 23 heavy (non-hydrogen) atoms. The van der Waals surface area contributed by atoms with Crippen LogP contribution >= 0.6 is 12.2 Å². The van der Waals surface area contributed by atoms with E-state index in [0.717, 1.165) is 22.1 Å². The van der Waals surface area contributed by atoms with Crippen LogP contribution in [0.4, 0.5) is 0 Å². The fraction of sp³-hybridized carbons (Fsp3) is 0. The van der Waals surface area contributed by atoms with Crippen molar-refractivity contribution in [3.05, 3.63) is 83.8 Å². The minimum Gasteiger partial charge on any atom is -0.493 e. The third-order valence-electron chi connectivity index (χ3n) is 3.91. The average Bonchev–Trinajstić information content (AvgIpc) is 2.90. The Morgan fingerprint density at radius 1 is 0.783 bits per heavy atom. The van der Waals surface area contributed by atoms with E-state index >= 15 is 0 Å². The lowest BCUT2D eigenvalue weighted by atomic mass is 10.1. The number of nitrogens with zero attached hydrogens (tertiary/aromatic N) is 2. The second-order valence-electron chi connectivity index (χ2n) is 5.31. The molecule has 1 heterocycles. The molecular weight excluding hydrogens is 304 g/mol. The fourth-order valence-corrected chi connectivity index (χ4v) is 3.19. The molecule has 0 aliphatic rings. The molecular formula is C19H14N2OS. The van der Waals surface area contributed by atoms with Crippen LogP contribution in [-0.4, -0.2) is 14.2 Å². The molecule has 0 spiro atoms. The van der Waals surface area contributed by atoms with Crippen molar-refractivity contribution in [2.45, 2.75) is 0 Å². The SMILES string of the molecule is Oc1cn(-c2ccccc2)c(=S)n1-c1cccc2ccccc12. The van der Waals surface area contributed by atoms with Gasteiger partial charge in [-0.1, -0.05) is 54.6 Å². The third-order valence-corrected chi connectivity index (χ3v) is 4.29. The molecule has 0 bridgehead atoms. The van der Waals surface area contributed by atoms with Crippen LogP contribution in [0.2, 0.25) is 0 Å². The molecule has 0 saturated heterocycles. The number of imidazole rings is 1. The highest BCUT2D eigenvalue weighted by Crippen LogP contribution is 2.28. The molecule has 0 amide bonds. The van der Waals surface area contributed by atoms with Gasteiger partial charge in [0.1, 0.15) is 0 Å². The Morgan fingerprint density at radius 2 is 1.48 bits per heavy atom. The third kappa shape index (κ3) is 2.24. The first-order chi connectivity index (χ1) is 11.3. The second-order valence-corrected chi connectivity index (χ2v) is 5.67. The lowest BCUT2D eigenvalue weighted by Gasteiger charge is -2.09. The molecule has 3 aromatic carbocycles. The predicted octanol–water partition coefficient (Wildman–Crippen LogP) is 4.86. The van der Waals surface area contributed by atoms with Crippen molar-refractivity contribution in [3.8, 4) is 17.3 Å². The summed E-state index contributed by atoms with van der Waals surface area (Å²) in [6.07, 6.45) is 1.65. The van der Waals surface area contributed by atoms with Gasteiger partial charge in [-0.3, -0.25) is 9.13 Å². The summed E-state index contributed by atoms with van der Waals surface area (Å²) in [6, 6.07) is 23.8. The molecule has 0 radical (unpaired) electrons. The number of rotatable bonds is 2. The van der Waals surface area contributed by atoms with E-state index in [1.165, 1.54) is 0 Å². The van der Waals surface area contributed by atoms with Crippen LogP contribution in [0.5, 0.6) is 5.88 Å². The van der Waals surface area contributed by atoms with Gasteiger partial charge in [-0.15, -0.1) is 0 Å². The van der Waals surface area contributed by atoms with Crippen LogP contribution in [0.3, 0.4) is 0 Å². The minimum atomic E-state index is 0.121. The van der Waals surface area contributed by atoms with E-state index in [9.17, 15) is 5.11 Å². The van der Waals surface area contributed by atoms with Gasteiger partial charge in [0.2, 0.25) is 5.88 Å². The molecule has 112 valence electrons. The van der Waals surface area contributed by atoms with E-state index in [-0.39, 0.29) is 5.88 Å². The molecule has 1 N–H and O–H groups in total. The van der Waals surface area contributed by atoms with E-state index in [1.54, 1.807) is 10.8 Å². The van der Waals surface area contributed by atoms with E-state index < -0.39 is 0 Å². The lowest BCUT2D eigenvalue weighted by Crippen LogP contribution is -1.98. The van der Waals surface area contributed by atoms with Crippen LogP contribution in [0.25, 0.3) is 22.1 Å². The van der Waals surface area contributed by atoms with Crippen LogP contribution in [0.1, 0.15) is 0 Å². The van der Waals surface area contributed by atoms with Gasteiger partial charge in [0.05, 0.1) is 11.9 Å². The summed E-state index contributed by atoms with van der Waals surface area (Å²) in [5.74, 6) is 0.121. The lowest BCUT2D eigenvalue weighted by molar-refractivity contribution is 0.442. The molecule has 3 nitrogen and oxygen atoms in total. The Balaban J connectivity index is 2.00. The van der Waals surface area contributed by atoms with Gasteiger partial charge in [0, 0.05) is 11.1 Å². The van der Waals surface area contributed by atoms with E-state index in [4.69, 9.17) is 12.2 Å². The highest BCUT2D eigenvalue weighted by Gasteiger charge is 2.12. The first-order valence-corrected chi connectivity index (χ1v) is 7.73. The van der Waals surface area contributed by atoms with Crippen molar-refractivity contribution in [2.24, 2.45) is 0 Å². The van der Waals surface area contributed by atoms with Gasteiger partial charge >= 0.3 is 0 Å². The van der Waals surface area contributed by atoms with Crippen molar-refractivity contribution in [3.63, 3.8) is 0 Å². The average molecular weight is 318 g/mol. The Bertz CT molecular complexity index is 1040. The van der Waals surface area contributed by atoms with Gasteiger partial charge in [0.15, 0.2) is 4.77 Å². The maximum atomic E-state index is 10.5. The summed E-state index contributed by atoms with van der Waals surface area (Å²) in [5.41, 5.74) is 1.80. The molecule has 0 fully saturated rings. The van der Waals surface area contributed by atoms with Crippen molar-refractivity contribution >= 4 is 23.0 Å². The number of hydrogen-bond donors (Lipinski definition) is 1. The summed E-state index contributed by atoms with van der Waals surface area (Å²) in [4.78, 5) is 0. The van der Waals surface area contributed by atoms with Crippen molar-refractivity contribution in [1.82, 2.24) is 9.13 Å². The standard InChI is InChI=1S/C19H14N2OS/c22-18-13-20(15-9-2-1-3-10-15)19(23)21(18)17-12-6-8-14-7-4-5-11-16(14)17/h1-13,22H. The molecule has 4 rings (SSSR count). The molecule has 0 saturated carbocycles. The van der Waals surface area contributed by atoms with Gasteiger partial charge in [-0.05, 0) is 35.8 Å². The molecule has 4 heteroatoms. The van der Waals surface area contributed by atoms with E-state index in [0.29, 0.717) is 4.77 Å². The first-order valence-electron chi connectivity index (χ1n) is 7.32. The smallest absolute Gasteiger partial charge is 0.215 e. The highest BCUT2D eigenvalue weighted by atomic mass is 32.1. The van der Waals surface area contributed by atoms with Gasteiger partial charge in [-0.25, -0.2) is 0 Å². The Kier molecular flexibility index (Phi) is 3.24. The second kappa shape index (κ2) is 5.41. The molecule has 0 aliphatic carbocycles. The largest absolute Gasteiger partial charge is 0.493 e. The summed E-state index contributed by atoms with van der Waals surface area (Å²) in [7, 11) is 0. The number of aromatic nitrogens is 2. The van der Waals surface area contributed by atoms with Crippen molar-refractivity contribution in [2.75, 3.05) is 0 Å². The Labute approximate surface area is 138 Å². The number of aromatic hydroxyl groups is 1. The van der Waals surface area contributed by atoms with Crippen LogP contribution in [0, 0.1) is 4.77 Å². The maximum Gasteiger partial charge on any atom is 0.215 e. The zero-order valence-corrected chi connectivity index (χ0v) is 13.1. The predicted molar refractivity (Wildman–Crippen MR) is 95.1 cm³/mol. The van der Waals surface area contributed by atoms with E-state index in [1.807, 2.05) is 77.4 Å². The zero-order valence-electron chi connectivity index (χ0n) is 12.3. The Morgan fingerprint density at radius 3 is 2.30 bits per heavy atom. The van der Waals surface area contributed by atoms with Crippen LogP contribution in [-0.2, 0) is 0 Å². The Hall–Kier alpha value is -2.85. The molecule has 0 aliphatic heterocycles. The molecule has 4 aromatic rings. The fourth-order valence-electron chi connectivity index (χ4n) is 2.84. The normalized spacial score (nSPS) is 11.0. The summed E-state index contributed by atoms with van der Waals surface area (Å²) in [6.45, 7) is 0. The number of hydrogen-bond acceptors (Lipinski definition) is 2. The number of fused-ring (bicyclic) bond motifs is 1. The summed E-state index contributed by atoms with van der Waals surface area (Å²) >= 11 is 5.61. The van der Waals surface area contributed by atoms with Gasteiger partial charge < -0.3 is 5.11 Å². The molecule has 0 unspecified atom stereocenters. The van der Waals surface area contributed by atoms with Crippen molar-refractivity contribution < 1.29 is 5.11 Å². The van der Waals surface area contributed by atoms with Crippen molar-refractivity contribution in [1.29, 1.82) is 0 Å². The molecule has 1 aromatic heterocycles. The van der Waals surface area contributed by atoms with Gasteiger partial charge in [-0.2, -0.15) is 0 Å². The highest BCUT2D eigenvalue weighted by molar-refractivity contribution is 7.71. The molecule has 0 atom stereocenters. The van der Waals surface area contributed by atoms with E-state index in [2.05, 4.69) is 0 Å². The minimum absolute atomic E-state index is 0.121.